The quantitative estimate of drug-likeness (QED) is 0.470. The Morgan fingerprint density at radius 2 is 2.16 bits per heavy atom. The van der Waals surface area contributed by atoms with E-state index in [0.29, 0.717) is 11.6 Å². The van der Waals surface area contributed by atoms with Crippen molar-refractivity contribution >= 4 is 40.9 Å². The molecule has 0 unspecified atom stereocenters. The van der Waals surface area contributed by atoms with Gasteiger partial charge in [-0.2, -0.15) is 5.01 Å². The maximum Gasteiger partial charge on any atom is 0.344 e. The lowest BCUT2D eigenvalue weighted by Gasteiger charge is -2.19. The fourth-order valence-corrected chi connectivity index (χ4v) is 5.96. The third kappa shape index (κ3) is 4.15. The molecular weight excluding hydrogens is 448 g/mol. The number of nitrogens with zero attached hydrogens (tertiary/aromatic N) is 4. The van der Waals surface area contributed by atoms with Gasteiger partial charge in [-0.3, -0.25) is 15.0 Å². The Hall–Kier alpha value is -2.40. The molecule has 11 heteroatoms. The molecule has 0 radical (unpaired) electrons. The molecule has 0 spiro atoms. The molecule has 2 aromatic heterocycles. The van der Waals surface area contributed by atoms with Gasteiger partial charge in [0.05, 0.1) is 10.6 Å². The minimum atomic E-state index is -0.993. The highest BCUT2D eigenvalue weighted by Gasteiger charge is 2.47. The molecule has 0 bridgehead atoms. The van der Waals surface area contributed by atoms with Crippen molar-refractivity contribution < 1.29 is 14.4 Å². The van der Waals surface area contributed by atoms with Gasteiger partial charge >= 0.3 is 6.03 Å². The van der Waals surface area contributed by atoms with E-state index >= 15 is 0 Å². The van der Waals surface area contributed by atoms with Crippen LogP contribution in [0.1, 0.15) is 50.5 Å². The van der Waals surface area contributed by atoms with E-state index in [2.05, 4.69) is 33.9 Å². The number of carbonyl (C=O) groups is 3. The second-order valence-corrected chi connectivity index (χ2v) is 10.6. The Balaban J connectivity index is 1.39. The van der Waals surface area contributed by atoms with Gasteiger partial charge in [0.1, 0.15) is 5.54 Å². The number of hydrogen-bond acceptors (Lipinski definition) is 7. The number of thiophene rings is 1. The fourth-order valence-electron chi connectivity index (χ4n) is 4.03. The number of fused-ring (bicyclic) bond motifs is 1. The lowest BCUT2D eigenvalue weighted by molar-refractivity contribution is -0.137. The van der Waals surface area contributed by atoms with Crippen LogP contribution in [0.4, 0.5) is 4.79 Å². The molecule has 1 aliphatic carbocycles. The first kappa shape index (κ1) is 22.8. The average molecular weight is 477 g/mol. The first-order chi connectivity index (χ1) is 15.3. The van der Waals surface area contributed by atoms with Gasteiger partial charge in [0.2, 0.25) is 5.91 Å². The summed E-state index contributed by atoms with van der Waals surface area (Å²) in [5, 5.41) is 12.6. The minimum absolute atomic E-state index is 0.00495. The first-order valence-corrected chi connectivity index (χ1v) is 12.7. The highest BCUT2D eigenvalue weighted by Crippen LogP contribution is 2.38. The number of hydrogen-bond donors (Lipinski definition) is 2. The van der Waals surface area contributed by atoms with Crippen LogP contribution in [0.3, 0.4) is 0 Å². The summed E-state index contributed by atoms with van der Waals surface area (Å²) in [6, 6.07) is 1.61. The van der Waals surface area contributed by atoms with Gasteiger partial charge in [0.15, 0.2) is 11.0 Å². The van der Waals surface area contributed by atoms with Crippen LogP contribution in [0, 0.1) is 5.92 Å². The molecule has 9 nitrogen and oxygen atoms in total. The van der Waals surface area contributed by atoms with Crippen LogP contribution in [0.5, 0.6) is 0 Å². The van der Waals surface area contributed by atoms with Crippen LogP contribution >= 0.6 is 23.1 Å². The number of hydrazine groups is 1. The van der Waals surface area contributed by atoms with Gasteiger partial charge in [-0.15, -0.1) is 21.5 Å². The Labute approximate surface area is 195 Å². The molecule has 2 N–H and O–H groups in total. The number of amides is 4. The largest absolute Gasteiger partial charge is 0.344 e. The van der Waals surface area contributed by atoms with Crippen LogP contribution in [-0.2, 0) is 29.5 Å². The monoisotopic (exact) mass is 476 g/mol. The number of carbonyl (C=O) groups excluding carboxylic acids is 3. The van der Waals surface area contributed by atoms with Gasteiger partial charge in [-0.1, -0.05) is 32.0 Å². The summed E-state index contributed by atoms with van der Waals surface area (Å²) >= 11 is 2.99. The summed E-state index contributed by atoms with van der Waals surface area (Å²) < 4.78 is 1.88. The second kappa shape index (κ2) is 8.86. The van der Waals surface area contributed by atoms with Crippen LogP contribution in [0.15, 0.2) is 11.2 Å². The van der Waals surface area contributed by atoms with Gasteiger partial charge in [-0.05, 0) is 50.2 Å². The third-order valence-corrected chi connectivity index (χ3v) is 8.61. The van der Waals surface area contributed by atoms with Crippen LogP contribution < -0.4 is 10.7 Å². The molecule has 4 rings (SSSR count). The van der Waals surface area contributed by atoms with Crippen molar-refractivity contribution in [3.05, 3.63) is 16.5 Å². The maximum absolute atomic E-state index is 12.4. The van der Waals surface area contributed by atoms with E-state index in [1.165, 1.54) is 35.0 Å². The third-order valence-electron chi connectivity index (χ3n) is 6.35. The van der Waals surface area contributed by atoms with Crippen LogP contribution in [-0.4, -0.2) is 48.9 Å². The Kier molecular flexibility index (Phi) is 6.30. The molecule has 172 valence electrons. The zero-order valence-corrected chi connectivity index (χ0v) is 20.4. The summed E-state index contributed by atoms with van der Waals surface area (Å²) in [5.41, 5.74) is 2.83. The van der Waals surface area contributed by atoms with Crippen molar-refractivity contribution in [3.8, 4) is 10.7 Å². The van der Waals surface area contributed by atoms with Gasteiger partial charge < -0.3 is 9.88 Å². The lowest BCUT2D eigenvalue weighted by Crippen LogP contribution is -2.49. The zero-order valence-electron chi connectivity index (χ0n) is 18.7. The van der Waals surface area contributed by atoms with Crippen molar-refractivity contribution in [3.63, 3.8) is 0 Å². The number of nitrogens with one attached hydrogen (secondary N) is 2. The summed E-state index contributed by atoms with van der Waals surface area (Å²) in [4.78, 5) is 39.4. The number of aryl methyl sites for hydroxylation is 1. The molecular formula is C21H28N6O3S2. The number of rotatable bonds is 7. The maximum atomic E-state index is 12.4. The highest BCUT2D eigenvalue weighted by atomic mass is 32.2. The summed E-state index contributed by atoms with van der Waals surface area (Å²) in [7, 11) is 1.88. The SMILES string of the molecule is CC[C@@H]1CCc2sc(-c3nnc(SCC(=O)NN4C(=O)N[C@](C)(CC)C4=O)n3C)cc2C1. The lowest BCUT2D eigenvalue weighted by atomic mass is 9.87. The van der Waals surface area contributed by atoms with Gasteiger partial charge in [0, 0.05) is 11.9 Å². The fraction of sp³-hybridized carbons (Fsp3) is 0.571. The van der Waals surface area contributed by atoms with E-state index in [9.17, 15) is 14.4 Å². The molecule has 1 saturated heterocycles. The van der Waals surface area contributed by atoms with E-state index in [4.69, 9.17) is 0 Å². The number of urea groups is 1. The molecule has 1 fully saturated rings. The van der Waals surface area contributed by atoms with Crippen molar-refractivity contribution in [2.24, 2.45) is 13.0 Å². The summed E-state index contributed by atoms with van der Waals surface area (Å²) in [6.07, 6.45) is 5.14. The molecule has 2 aliphatic rings. The number of thioether (sulfide) groups is 1. The van der Waals surface area contributed by atoms with E-state index in [-0.39, 0.29) is 5.75 Å². The predicted octanol–water partition coefficient (Wildman–Crippen LogP) is 2.90. The summed E-state index contributed by atoms with van der Waals surface area (Å²) in [5.74, 6) is 0.629. The van der Waals surface area contributed by atoms with Crippen LogP contribution in [0.25, 0.3) is 10.7 Å². The standard InChI is InChI=1S/C21H28N6O3S2/c1-5-12-7-8-14-13(9-12)10-15(32-14)17-23-24-20(26(17)4)31-11-16(28)25-27-18(29)21(3,6-2)22-19(27)30/h10,12H,5-9,11H2,1-4H3,(H,22,30)(H,25,28)/t12-,21-/m1/s1. The molecule has 4 amide bonds. The molecule has 0 saturated carbocycles. The van der Waals surface area contributed by atoms with Crippen molar-refractivity contribution in [2.75, 3.05) is 5.75 Å². The summed E-state index contributed by atoms with van der Waals surface area (Å²) in [6.45, 7) is 5.69. The smallest absolute Gasteiger partial charge is 0.322 e. The Morgan fingerprint density at radius 1 is 1.38 bits per heavy atom. The molecule has 1 aliphatic heterocycles. The van der Waals surface area contributed by atoms with Crippen molar-refractivity contribution in [1.29, 1.82) is 0 Å². The Bertz CT molecular complexity index is 1060. The highest BCUT2D eigenvalue weighted by molar-refractivity contribution is 7.99. The molecule has 2 atom stereocenters. The first-order valence-electron chi connectivity index (χ1n) is 10.9. The second-order valence-electron chi connectivity index (χ2n) is 8.52. The van der Waals surface area contributed by atoms with Gasteiger partial charge in [0.25, 0.3) is 5.91 Å². The number of imide groups is 1. The van der Waals surface area contributed by atoms with E-state index < -0.39 is 23.4 Å². The van der Waals surface area contributed by atoms with Crippen LogP contribution in [0.2, 0.25) is 0 Å². The van der Waals surface area contributed by atoms with E-state index in [1.807, 2.05) is 11.6 Å². The van der Waals surface area contributed by atoms with E-state index in [0.717, 1.165) is 34.5 Å². The van der Waals surface area contributed by atoms with Gasteiger partial charge in [-0.25, -0.2) is 4.79 Å². The average Bonchev–Trinajstić information content (AvgIpc) is 3.42. The molecule has 3 heterocycles. The zero-order chi connectivity index (χ0) is 23.0. The van der Waals surface area contributed by atoms with Crippen molar-refractivity contribution in [2.45, 2.75) is 63.6 Å². The molecule has 0 aromatic carbocycles. The normalized spacial score (nSPS) is 22.8. The molecule has 2 aromatic rings. The topological polar surface area (TPSA) is 109 Å². The molecule has 32 heavy (non-hydrogen) atoms. The predicted molar refractivity (Wildman–Crippen MR) is 123 cm³/mol. The minimum Gasteiger partial charge on any atom is -0.322 e. The van der Waals surface area contributed by atoms with Crippen molar-refractivity contribution in [1.82, 2.24) is 30.5 Å². The number of aromatic nitrogens is 3. The van der Waals surface area contributed by atoms with E-state index in [1.54, 1.807) is 25.2 Å². The Morgan fingerprint density at radius 3 is 2.84 bits per heavy atom.